The molecule has 3 heterocycles. The number of fused-ring (bicyclic) bond motifs is 1. The third kappa shape index (κ3) is 2.39. The maximum atomic E-state index is 5.66. The molecule has 3 rings (SSSR count). The van der Waals surface area contributed by atoms with Gasteiger partial charge in [-0.15, -0.1) is 0 Å². The molecule has 0 spiro atoms. The highest BCUT2D eigenvalue weighted by Gasteiger charge is 2.13. The predicted octanol–water partition coefficient (Wildman–Crippen LogP) is 2.52. The molecule has 3 aromatic heterocycles. The van der Waals surface area contributed by atoms with E-state index in [9.17, 15) is 0 Å². The number of nitrogens with two attached hydrogens (primary N) is 1. The highest BCUT2D eigenvalue weighted by molar-refractivity contribution is 7.08. The van der Waals surface area contributed by atoms with Crippen LogP contribution in [0.2, 0.25) is 0 Å². The Labute approximate surface area is 119 Å². The van der Waals surface area contributed by atoms with Crippen LogP contribution in [0.4, 0.5) is 5.95 Å². The van der Waals surface area contributed by atoms with Crippen LogP contribution >= 0.6 is 11.3 Å². The van der Waals surface area contributed by atoms with E-state index in [0.29, 0.717) is 17.0 Å². The van der Waals surface area contributed by atoms with Gasteiger partial charge in [-0.25, -0.2) is 9.97 Å². The maximum Gasteiger partial charge on any atom is 0.247 e. The molecule has 0 aromatic carbocycles. The van der Waals surface area contributed by atoms with Gasteiger partial charge in [-0.05, 0) is 25.3 Å². The van der Waals surface area contributed by atoms with Gasteiger partial charge in [0, 0.05) is 10.9 Å². The summed E-state index contributed by atoms with van der Waals surface area (Å²) >= 11 is 1.61. The molecule has 20 heavy (non-hydrogen) atoms. The van der Waals surface area contributed by atoms with Crippen LogP contribution in [0.1, 0.15) is 13.8 Å². The van der Waals surface area contributed by atoms with Gasteiger partial charge in [-0.3, -0.25) is 0 Å². The Bertz CT molecular complexity index is 742. The summed E-state index contributed by atoms with van der Waals surface area (Å²) in [5.41, 5.74) is 8.40. The minimum absolute atomic E-state index is 0.0286. The molecule has 0 fully saturated rings. The van der Waals surface area contributed by atoms with Crippen LogP contribution in [-0.4, -0.2) is 26.0 Å². The van der Waals surface area contributed by atoms with Crippen LogP contribution < -0.4 is 10.5 Å². The van der Waals surface area contributed by atoms with E-state index < -0.39 is 0 Å². The zero-order valence-electron chi connectivity index (χ0n) is 11.1. The summed E-state index contributed by atoms with van der Waals surface area (Å²) in [6, 6.07) is 1.99. The van der Waals surface area contributed by atoms with Crippen molar-refractivity contribution in [3.05, 3.63) is 23.0 Å². The number of aromatic nitrogens is 4. The molecule has 102 valence electrons. The van der Waals surface area contributed by atoms with Gasteiger partial charge in [0.25, 0.3) is 0 Å². The van der Waals surface area contributed by atoms with Gasteiger partial charge in [0.1, 0.15) is 0 Å². The Morgan fingerprint density at radius 2 is 2.10 bits per heavy atom. The van der Waals surface area contributed by atoms with E-state index in [1.165, 1.54) is 0 Å². The molecule has 0 saturated heterocycles. The largest absolute Gasteiger partial charge is 0.473 e. The fraction of sp³-hybridized carbons (Fsp3) is 0.231. The van der Waals surface area contributed by atoms with E-state index in [4.69, 9.17) is 10.5 Å². The Balaban J connectivity index is 2.18. The molecule has 0 radical (unpaired) electrons. The van der Waals surface area contributed by atoms with Crippen molar-refractivity contribution in [1.29, 1.82) is 0 Å². The maximum absolute atomic E-state index is 5.66. The fourth-order valence-electron chi connectivity index (χ4n) is 1.75. The summed E-state index contributed by atoms with van der Waals surface area (Å²) in [6.07, 6.45) is 1.65. The summed E-state index contributed by atoms with van der Waals surface area (Å²) in [6.45, 7) is 3.83. The lowest BCUT2D eigenvalue weighted by Crippen LogP contribution is -2.10. The van der Waals surface area contributed by atoms with Gasteiger partial charge in [0.15, 0.2) is 11.2 Å². The molecule has 0 aliphatic rings. The number of rotatable bonds is 3. The Morgan fingerprint density at radius 3 is 2.80 bits per heavy atom. The Kier molecular flexibility index (Phi) is 3.19. The first-order valence-corrected chi connectivity index (χ1v) is 7.07. The summed E-state index contributed by atoms with van der Waals surface area (Å²) < 4.78 is 5.65. The molecule has 0 aliphatic heterocycles. The van der Waals surface area contributed by atoms with Gasteiger partial charge >= 0.3 is 0 Å². The van der Waals surface area contributed by atoms with E-state index in [-0.39, 0.29) is 12.1 Å². The molecule has 7 heteroatoms. The third-order valence-corrected chi connectivity index (χ3v) is 3.24. The number of nitrogen functional groups attached to an aromatic ring is 1. The van der Waals surface area contributed by atoms with Crippen LogP contribution in [0.5, 0.6) is 5.88 Å². The van der Waals surface area contributed by atoms with E-state index in [1.807, 2.05) is 30.7 Å². The van der Waals surface area contributed by atoms with Gasteiger partial charge in [0.05, 0.1) is 18.0 Å². The molecule has 0 aliphatic carbocycles. The van der Waals surface area contributed by atoms with Crippen LogP contribution in [-0.2, 0) is 0 Å². The monoisotopic (exact) mass is 287 g/mol. The number of ether oxygens (including phenoxy) is 1. The first-order chi connectivity index (χ1) is 9.63. The van der Waals surface area contributed by atoms with E-state index in [1.54, 1.807) is 17.5 Å². The Morgan fingerprint density at radius 1 is 1.25 bits per heavy atom. The highest BCUT2D eigenvalue weighted by atomic mass is 32.1. The third-order valence-electron chi connectivity index (χ3n) is 2.56. The zero-order chi connectivity index (χ0) is 14.1. The lowest BCUT2D eigenvalue weighted by Gasteiger charge is -2.10. The van der Waals surface area contributed by atoms with Crippen molar-refractivity contribution in [2.45, 2.75) is 20.0 Å². The quantitative estimate of drug-likeness (QED) is 0.796. The Hall–Kier alpha value is -2.28. The summed E-state index contributed by atoms with van der Waals surface area (Å²) in [4.78, 5) is 17.0. The number of nitrogens with zero attached hydrogens (tertiary/aromatic N) is 4. The second kappa shape index (κ2) is 5.01. The first-order valence-electron chi connectivity index (χ1n) is 6.13. The molecule has 6 nitrogen and oxygen atoms in total. The van der Waals surface area contributed by atoms with Crippen molar-refractivity contribution in [1.82, 2.24) is 19.9 Å². The second-order valence-electron chi connectivity index (χ2n) is 4.49. The van der Waals surface area contributed by atoms with Crippen molar-refractivity contribution in [3.63, 3.8) is 0 Å². The normalized spacial score (nSPS) is 11.2. The lowest BCUT2D eigenvalue weighted by molar-refractivity contribution is 0.235. The smallest absolute Gasteiger partial charge is 0.247 e. The second-order valence-corrected chi connectivity index (χ2v) is 5.27. The van der Waals surface area contributed by atoms with Crippen LogP contribution in [0.15, 0.2) is 23.0 Å². The van der Waals surface area contributed by atoms with E-state index in [0.717, 1.165) is 11.3 Å². The molecule has 0 bridgehead atoms. The molecule has 0 atom stereocenters. The SMILES string of the molecule is CC(C)Oc1nc(N)nc2ncc(-c3ccsc3)nc12. The number of hydrogen-bond acceptors (Lipinski definition) is 7. The van der Waals surface area contributed by atoms with Crippen molar-refractivity contribution in [2.75, 3.05) is 5.73 Å². The van der Waals surface area contributed by atoms with E-state index in [2.05, 4.69) is 19.9 Å². The van der Waals surface area contributed by atoms with Crippen LogP contribution in [0.25, 0.3) is 22.4 Å². The van der Waals surface area contributed by atoms with Gasteiger partial charge in [-0.1, -0.05) is 0 Å². The van der Waals surface area contributed by atoms with Crippen molar-refractivity contribution in [2.24, 2.45) is 0 Å². The van der Waals surface area contributed by atoms with E-state index >= 15 is 0 Å². The van der Waals surface area contributed by atoms with Gasteiger partial charge in [0.2, 0.25) is 11.8 Å². The van der Waals surface area contributed by atoms with Gasteiger partial charge in [-0.2, -0.15) is 21.3 Å². The molecular formula is C13H13N5OS. The number of thiophene rings is 1. The standard InChI is InChI=1S/C13H13N5OS/c1-7(2)19-12-10-11(17-13(14)18-12)15-5-9(16-10)8-3-4-20-6-8/h3-7H,1-2H3,(H2,14,15,17,18). The van der Waals surface area contributed by atoms with Crippen molar-refractivity contribution >= 4 is 28.4 Å². The molecule has 0 unspecified atom stereocenters. The predicted molar refractivity (Wildman–Crippen MR) is 78.6 cm³/mol. The summed E-state index contributed by atoms with van der Waals surface area (Å²) in [7, 11) is 0. The molecule has 2 N–H and O–H groups in total. The molecule has 3 aromatic rings. The minimum Gasteiger partial charge on any atom is -0.473 e. The fourth-order valence-corrected chi connectivity index (χ4v) is 2.40. The zero-order valence-corrected chi connectivity index (χ0v) is 11.9. The lowest BCUT2D eigenvalue weighted by atomic mass is 10.2. The average molecular weight is 287 g/mol. The number of anilines is 1. The van der Waals surface area contributed by atoms with Crippen LogP contribution in [0, 0.1) is 0 Å². The highest BCUT2D eigenvalue weighted by Crippen LogP contribution is 2.25. The molecular weight excluding hydrogens is 274 g/mol. The van der Waals surface area contributed by atoms with Crippen molar-refractivity contribution < 1.29 is 4.74 Å². The molecule has 0 amide bonds. The minimum atomic E-state index is -0.0286. The summed E-state index contributed by atoms with van der Waals surface area (Å²) in [5.74, 6) is 0.498. The molecule has 0 saturated carbocycles. The number of hydrogen-bond donors (Lipinski definition) is 1. The van der Waals surface area contributed by atoms with Gasteiger partial charge < -0.3 is 10.5 Å². The topological polar surface area (TPSA) is 86.8 Å². The van der Waals surface area contributed by atoms with Crippen molar-refractivity contribution in [3.8, 4) is 17.1 Å². The van der Waals surface area contributed by atoms with Crippen LogP contribution in [0.3, 0.4) is 0 Å². The first kappa shape index (κ1) is 12.7. The average Bonchev–Trinajstić information content (AvgIpc) is 2.91. The summed E-state index contributed by atoms with van der Waals surface area (Å²) in [5, 5.41) is 4.00.